The van der Waals surface area contributed by atoms with Crippen LogP contribution in [0.4, 0.5) is 29.3 Å². The molecular formula is C30H23ClF3N3O9S. The molecular weight excluding hydrogens is 671 g/mol. The molecule has 0 spiro atoms. The van der Waals surface area contributed by atoms with Gasteiger partial charge in [-0.05, 0) is 79.7 Å². The molecule has 0 saturated carbocycles. The molecule has 1 aliphatic rings. The quantitative estimate of drug-likeness (QED) is 0.0936. The van der Waals surface area contributed by atoms with Crippen molar-refractivity contribution in [3.8, 4) is 17.2 Å². The number of nitrogens with zero attached hydrogens (tertiary/aromatic N) is 2. The van der Waals surface area contributed by atoms with Gasteiger partial charge in [-0.3, -0.25) is 29.4 Å². The van der Waals surface area contributed by atoms with Crippen LogP contribution < -0.4 is 14.8 Å². The number of carbonyl (C=O) groups is 4. The summed E-state index contributed by atoms with van der Waals surface area (Å²) in [5.74, 6) is -2.69. The van der Waals surface area contributed by atoms with Crippen molar-refractivity contribution in [3.05, 3.63) is 91.3 Å². The number of nitro benzene ring substituents is 1. The highest BCUT2D eigenvalue weighted by Gasteiger charge is 2.37. The smallest absolute Gasteiger partial charge is 0.416 e. The normalized spacial score (nSPS) is 13.9. The zero-order valence-corrected chi connectivity index (χ0v) is 26.0. The third-order valence-electron chi connectivity index (χ3n) is 6.19. The van der Waals surface area contributed by atoms with Gasteiger partial charge in [-0.1, -0.05) is 17.7 Å². The minimum atomic E-state index is -4.81. The number of halogens is 4. The molecule has 1 N–H and O–H groups in total. The fourth-order valence-corrected chi connectivity index (χ4v) is 5.14. The molecule has 47 heavy (non-hydrogen) atoms. The van der Waals surface area contributed by atoms with E-state index in [2.05, 4.69) is 5.32 Å². The number of alkyl halides is 3. The van der Waals surface area contributed by atoms with Crippen LogP contribution in [-0.4, -0.2) is 52.6 Å². The number of ether oxygens (including phenoxy) is 3. The summed E-state index contributed by atoms with van der Waals surface area (Å²) in [7, 11) is 0. The number of imide groups is 1. The van der Waals surface area contributed by atoms with Crippen LogP contribution in [0.3, 0.4) is 0 Å². The number of nitro groups is 1. The lowest BCUT2D eigenvalue weighted by atomic mass is 10.1. The van der Waals surface area contributed by atoms with Crippen molar-refractivity contribution in [1.82, 2.24) is 4.90 Å². The number of hydrogen-bond acceptors (Lipinski definition) is 10. The van der Waals surface area contributed by atoms with E-state index in [9.17, 15) is 42.5 Å². The van der Waals surface area contributed by atoms with Gasteiger partial charge >= 0.3 is 17.8 Å². The van der Waals surface area contributed by atoms with Gasteiger partial charge in [0.15, 0.2) is 11.5 Å². The molecule has 4 rings (SSSR count). The predicted octanol–water partition coefficient (Wildman–Crippen LogP) is 7.31. The Morgan fingerprint density at radius 2 is 1.74 bits per heavy atom. The zero-order valence-electron chi connectivity index (χ0n) is 24.4. The second kappa shape index (κ2) is 14.6. The molecule has 17 heteroatoms. The van der Waals surface area contributed by atoms with E-state index in [0.717, 1.165) is 11.0 Å². The maximum absolute atomic E-state index is 13.1. The van der Waals surface area contributed by atoms with E-state index >= 15 is 0 Å². The molecule has 0 atom stereocenters. The molecule has 0 unspecified atom stereocenters. The van der Waals surface area contributed by atoms with Gasteiger partial charge in [0.1, 0.15) is 6.54 Å². The molecule has 3 aromatic rings. The lowest BCUT2D eigenvalue weighted by molar-refractivity contribution is -0.385. The van der Waals surface area contributed by atoms with Crippen LogP contribution >= 0.6 is 23.4 Å². The van der Waals surface area contributed by atoms with E-state index in [1.807, 2.05) is 0 Å². The Kier molecular flexibility index (Phi) is 10.8. The number of hydrogen-bond donors (Lipinski definition) is 1. The van der Waals surface area contributed by atoms with Gasteiger partial charge in [-0.15, -0.1) is 0 Å². The number of nitrogens with one attached hydrogen (secondary N) is 1. The van der Waals surface area contributed by atoms with E-state index in [0.29, 0.717) is 29.5 Å². The molecule has 0 aliphatic carbocycles. The van der Waals surface area contributed by atoms with Crippen LogP contribution in [0.2, 0.25) is 5.02 Å². The van der Waals surface area contributed by atoms with Gasteiger partial charge in [0.05, 0.1) is 39.2 Å². The minimum Gasteiger partial charge on any atom is -0.490 e. The molecule has 246 valence electrons. The summed E-state index contributed by atoms with van der Waals surface area (Å²) >= 11 is 6.61. The first-order chi connectivity index (χ1) is 22.2. The Labute approximate surface area is 273 Å². The van der Waals surface area contributed by atoms with Gasteiger partial charge in [-0.25, -0.2) is 4.79 Å². The third kappa shape index (κ3) is 8.39. The average Bonchev–Trinajstić information content (AvgIpc) is 3.26. The molecule has 3 amide bonds. The Hall–Kier alpha value is -5.09. The average molecular weight is 694 g/mol. The molecule has 3 aromatic carbocycles. The van der Waals surface area contributed by atoms with Crippen LogP contribution in [0.15, 0.2) is 59.5 Å². The van der Waals surface area contributed by atoms with Crippen LogP contribution in [0.5, 0.6) is 17.2 Å². The van der Waals surface area contributed by atoms with Crippen LogP contribution in [0.25, 0.3) is 6.08 Å². The summed E-state index contributed by atoms with van der Waals surface area (Å²) in [6.07, 6.45) is -3.46. The second-order valence-corrected chi connectivity index (χ2v) is 10.8. The maximum atomic E-state index is 13.1. The summed E-state index contributed by atoms with van der Waals surface area (Å²) in [4.78, 5) is 61.6. The van der Waals surface area contributed by atoms with E-state index in [1.165, 1.54) is 42.5 Å². The second-order valence-electron chi connectivity index (χ2n) is 9.41. The molecule has 1 aliphatic heterocycles. The van der Waals surface area contributed by atoms with Gasteiger partial charge in [-0.2, -0.15) is 13.2 Å². The molecule has 0 radical (unpaired) electrons. The first-order valence-corrected chi connectivity index (χ1v) is 14.7. The van der Waals surface area contributed by atoms with Crippen LogP contribution in [0, 0.1) is 10.1 Å². The number of amides is 3. The highest BCUT2D eigenvalue weighted by Crippen LogP contribution is 2.41. The summed E-state index contributed by atoms with van der Waals surface area (Å²) in [5.41, 5.74) is -1.61. The van der Waals surface area contributed by atoms with E-state index < -0.39 is 57.7 Å². The van der Waals surface area contributed by atoms with Gasteiger partial charge in [0, 0.05) is 11.8 Å². The van der Waals surface area contributed by atoms with Crippen molar-refractivity contribution >= 4 is 63.8 Å². The van der Waals surface area contributed by atoms with Crippen molar-refractivity contribution in [2.45, 2.75) is 20.0 Å². The van der Waals surface area contributed by atoms with E-state index in [4.69, 9.17) is 25.8 Å². The fraction of sp³-hybridized carbons (Fsp3) is 0.200. The fourth-order valence-electron chi connectivity index (χ4n) is 4.11. The molecule has 1 heterocycles. The number of carbonyl (C=O) groups excluding carboxylic acids is 4. The van der Waals surface area contributed by atoms with E-state index in [1.54, 1.807) is 13.8 Å². The SMILES string of the molecule is CCOC(=O)c1cc(NC(=O)CN2C(=O)S/C(=C/c3ccc(Oc4ccc(C(F)(F)F)cc4[N+](=O)[O-])c(OCC)c3)C2=O)ccc1Cl. The van der Waals surface area contributed by atoms with Gasteiger partial charge in [0.2, 0.25) is 11.7 Å². The Balaban J connectivity index is 1.51. The van der Waals surface area contributed by atoms with Gasteiger partial charge < -0.3 is 19.5 Å². The molecule has 12 nitrogen and oxygen atoms in total. The summed E-state index contributed by atoms with van der Waals surface area (Å²) in [6, 6.07) is 10.1. The standard InChI is InChI=1S/C30H23ClF3N3O9S/c1-3-44-24-11-16(5-9-23(24)46-22-10-6-17(30(32,33)34)13-21(22)37(42)43)12-25-27(39)36(29(41)47-25)15-26(38)35-18-7-8-20(31)19(14-18)28(40)45-4-2/h5-14H,3-4,15H2,1-2H3,(H,35,38)/b25-12+. The zero-order chi connectivity index (χ0) is 34.5. The van der Waals surface area contributed by atoms with Gasteiger partial charge in [0.25, 0.3) is 11.1 Å². The number of thioether (sulfide) groups is 1. The van der Waals surface area contributed by atoms with Crippen molar-refractivity contribution in [2.24, 2.45) is 0 Å². The Morgan fingerprint density at radius 1 is 1.02 bits per heavy atom. The number of rotatable bonds is 11. The largest absolute Gasteiger partial charge is 0.490 e. The predicted molar refractivity (Wildman–Crippen MR) is 164 cm³/mol. The lowest BCUT2D eigenvalue weighted by Gasteiger charge is -2.14. The van der Waals surface area contributed by atoms with Crippen molar-refractivity contribution in [1.29, 1.82) is 0 Å². The molecule has 0 bridgehead atoms. The van der Waals surface area contributed by atoms with Crippen molar-refractivity contribution in [3.63, 3.8) is 0 Å². The number of anilines is 1. The first kappa shape index (κ1) is 34.8. The highest BCUT2D eigenvalue weighted by atomic mass is 35.5. The summed E-state index contributed by atoms with van der Waals surface area (Å²) in [6.45, 7) is 2.83. The molecule has 0 aromatic heterocycles. The maximum Gasteiger partial charge on any atom is 0.416 e. The van der Waals surface area contributed by atoms with E-state index in [-0.39, 0.29) is 45.9 Å². The lowest BCUT2D eigenvalue weighted by Crippen LogP contribution is -2.36. The minimum absolute atomic E-state index is 0.0147. The monoisotopic (exact) mass is 693 g/mol. The topological polar surface area (TPSA) is 154 Å². The van der Waals surface area contributed by atoms with Crippen molar-refractivity contribution < 1.29 is 51.5 Å². The van der Waals surface area contributed by atoms with Crippen molar-refractivity contribution in [2.75, 3.05) is 25.1 Å². The van der Waals surface area contributed by atoms with Crippen LogP contribution in [-0.2, 0) is 20.5 Å². The van der Waals surface area contributed by atoms with Crippen LogP contribution in [0.1, 0.15) is 35.3 Å². The first-order valence-electron chi connectivity index (χ1n) is 13.5. The highest BCUT2D eigenvalue weighted by molar-refractivity contribution is 8.18. The Morgan fingerprint density at radius 3 is 2.40 bits per heavy atom. The number of esters is 1. The summed E-state index contributed by atoms with van der Waals surface area (Å²) in [5, 5.41) is 13.3. The molecule has 1 saturated heterocycles. The summed E-state index contributed by atoms with van der Waals surface area (Å²) < 4.78 is 55.3. The third-order valence-corrected chi connectivity index (χ3v) is 7.43. The Bertz CT molecular complexity index is 1800. The molecule has 1 fully saturated rings. The number of benzene rings is 3.